The summed E-state index contributed by atoms with van der Waals surface area (Å²) in [6, 6.07) is 15.5. The number of hydrogen-bond donors (Lipinski definition) is 1. The van der Waals surface area contributed by atoms with Gasteiger partial charge in [-0.15, -0.1) is 0 Å². The molecule has 0 atom stereocenters. The molecule has 1 N–H and O–H groups in total. The molecular weight excluding hydrogens is 316 g/mol. The minimum atomic E-state index is -0.151. The Bertz CT molecular complexity index is 674. The van der Waals surface area contributed by atoms with Crippen molar-refractivity contribution < 1.29 is 14.3 Å². The van der Waals surface area contributed by atoms with Gasteiger partial charge < -0.3 is 19.7 Å². The number of carbonyl (C=O) groups is 1. The highest BCUT2D eigenvalue weighted by Crippen LogP contribution is 2.23. The summed E-state index contributed by atoms with van der Waals surface area (Å²) in [6.07, 6.45) is 0.876. The van der Waals surface area contributed by atoms with Crippen LogP contribution >= 0.6 is 0 Å². The molecule has 5 nitrogen and oxygen atoms in total. The lowest BCUT2D eigenvalue weighted by Crippen LogP contribution is -2.28. The molecule has 1 amide bonds. The van der Waals surface area contributed by atoms with Gasteiger partial charge in [0, 0.05) is 13.1 Å². The summed E-state index contributed by atoms with van der Waals surface area (Å²) in [4.78, 5) is 14.6. The van der Waals surface area contributed by atoms with Crippen molar-refractivity contribution in [3.8, 4) is 11.5 Å². The number of amides is 1. The van der Waals surface area contributed by atoms with Gasteiger partial charge in [-0.3, -0.25) is 4.79 Å². The van der Waals surface area contributed by atoms with Crippen LogP contribution in [0, 0.1) is 0 Å². The van der Waals surface area contributed by atoms with Crippen molar-refractivity contribution in [1.82, 2.24) is 10.2 Å². The van der Waals surface area contributed by atoms with Gasteiger partial charge >= 0.3 is 0 Å². The van der Waals surface area contributed by atoms with E-state index in [-0.39, 0.29) is 5.91 Å². The summed E-state index contributed by atoms with van der Waals surface area (Å²) in [5, 5.41) is 2.94. The average molecular weight is 342 g/mol. The molecule has 0 aliphatic carbocycles. The fraction of sp³-hybridized carbons (Fsp3) is 0.350. The number of hydrogen-bond acceptors (Lipinski definition) is 4. The molecule has 0 bridgehead atoms. The van der Waals surface area contributed by atoms with Crippen LogP contribution in [0.4, 0.5) is 0 Å². The Morgan fingerprint density at radius 2 is 1.84 bits per heavy atom. The molecule has 5 heteroatoms. The van der Waals surface area contributed by atoms with Gasteiger partial charge in [0.2, 0.25) is 0 Å². The molecule has 0 spiro atoms. The van der Waals surface area contributed by atoms with Crippen molar-refractivity contribution in [2.45, 2.75) is 13.0 Å². The maximum atomic E-state index is 12.4. The maximum absolute atomic E-state index is 12.4. The van der Waals surface area contributed by atoms with E-state index >= 15 is 0 Å². The molecule has 0 heterocycles. The van der Waals surface area contributed by atoms with Crippen molar-refractivity contribution in [2.75, 3.05) is 34.4 Å². The second kappa shape index (κ2) is 9.69. The van der Waals surface area contributed by atoms with E-state index in [1.165, 1.54) is 5.56 Å². The van der Waals surface area contributed by atoms with E-state index in [2.05, 4.69) is 29.4 Å². The first-order valence-electron chi connectivity index (χ1n) is 8.36. The van der Waals surface area contributed by atoms with Gasteiger partial charge in [0.05, 0.1) is 19.8 Å². The number of carbonyl (C=O) groups excluding carboxylic acids is 1. The first-order valence-corrected chi connectivity index (χ1v) is 8.36. The Kier molecular flexibility index (Phi) is 7.29. The van der Waals surface area contributed by atoms with Crippen LogP contribution in [0.1, 0.15) is 22.3 Å². The lowest BCUT2D eigenvalue weighted by Gasteiger charge is -2.17. The zero-order valence-corrected chi connectivity index (χ0v) is 15.1. The molecule has 0 aliphatic rings. The summed E-state index contributed by atoms with van der Waals surface area (Å²) in [5.74, 6) is 1.02. The third-order valence-corrected chi connectivity index (χ3v) is 3.95. The monoisotopic (exact) mass is 342 g/mol. The van der Waals surface area contributed by atoms with Crippen LogP contribution in [-0.4, -0.2) is 45.2 Å². The summed E-state index contributed by atoms with van der Waals surface area (Å²) in [5.41, 5.74) is 1.77. The van der Waals surface area contributed by atoms with Crippen molar-refractivity contribution in [3.05, 3.63) is 59.7 Å². The van der Waals surface area contributed by atoms with Crippen molar-refractivity contribution in [3.63, 3.8) is 0 Å². The lowest BCUT2D eigenvalue weighted by atomic mass is 10.1. The number of ether oxygens (including phenoxy) is 2. The standard InChI is InChI=1S/C20H26N2O3/c1-22(15-16-8-5-4-6-9-16)13-7-12-21-20(23)18-14-17(24-2)10-11-19(18)25-3/h4-6,8-11,14H,7,12-13,15H2,1-3H3,(H,21,23). The predicted molar refractivity (Wildman–Crippen MR) is 99.3 cm³/mol. The smallest absolute Gasteiger partial charge is 0.255 e. The van der Waals surface area contributed by atoms with Gasteiger partial charge in [-0.25, -0.2) is 0 Å². The Labute approximate surface area is 149 Å². The number of rotatable bonds is 9. The van der Waals surface area contributed by atoms with E-state index in [0.29, 0.717) is 23.6 Å². The molecule has 134 valence electrons. The Hall–Kier alpha value is -2.53. The van der Waals surface area contributed by atoms with Gasteiger partial charge in [0.1, 0.15) is 11.5 Å². The van der Waals surface area contributed by atoms with Crippen LogP contribution in [0.5, 0.6) is 11.5 Å². The minimum Gasteiger partial charge on any atom is -0.497 e. The number of benzene rings is 2. The minimum absolute atomic E-state index is 0.151. The second-order valence-corrected chi connectivity index (χ2v) is 5.90. The van der Waals surface area contributed by atoms with Crippen LogP contribution < -0.4 is 14.8 Å². The maximum Gasteiger partial charge on any atom is 0.255 e. The summed E-state index contributed by atoms with van der Waals surface area (Å²) in [7, 11) is 5.21. The van der Waals surface area contributed by atoms with Crippen LogP contribution in [-0.2, 0) is 6.54 Å². The third-order valence-electron chi connectivity index (χ3n) is 3.95. The Balaban J connectivity index is 1.78. The van der Waals surface area contributed by atoms with Gasteiger partial charge in [0.25, 0.3) is 5.91 Å². The number of nitrogens with one attached hydrogen (secondary N) is 1. The molecule has 2 rings (SSSR count). The van der Waals surface area contributed by atoms with E-state index < -0.39 is 0 Å². The largest absolute Gasteiger partial charge is 0.497 e. The molecule has 2 aromatic carbocycles. The highest BCUT2D eigenvalue weighted by Gasteiger charge is 2.13. The Morgan fingerprint density at radius 1 is 1.08 bits per heavy atom. The van der Waals surface area contributed by atoms with E-state index in [0.717, 1.165) is 19.5 Å². The molecule has 0 aromatic heterocycles. The zero-order chi connectivity index (χ0) is 18.1. The van der Waals surface area contributed by atoms with Crippen molar-refractivity contribution in [2.24, 2.45) is 0 Å². The molecule has 0 fully saturated rings. The lowest BCUT2D eigenvalue weighted by molar-refractivity contribution is 0.0948. The van der Waals surface area contributed by atoms with E-state index in [4.69, 9.17) is 9.47 Å². The first kappa shape index (κ1) is 18.8. The normalized spacial score (nSPS) is 10.6. The predicted octanol–water partition coefficient (Wildman–Crippen LogP) is 2.96. The van der Waals surface area contributed by atoms with E-state index in [9.17, 15) is 4.79 Å². The van der Waals surface area contributed by atoms with Gasteiger partial charge in [-0.05, 0) is 43.8 Å². The SMILES string of the molecule is COc1ccc(OC)c(C(=O)NCCCN(C)Cc2ccccc2)c1. The molecular formula is C20H26N2O3. The molecule has 0 saturated heterocycles. The average Bonchev–Trinajstić information content (AvgIpc) is 2.65. The molecule has 25 heavy (non-hydrogen) atoms. The molecule has 0 unspecified atom stereocenters. The summed E-state index contributed by atoms with van der Waals surface area (Å²) in [6.45, 7) is 2.42. The van der Waals surface area contributed by atoms with Crippen LogP contribution in [0.2, 0.25) is 0 Å². The highest BCUT2D eigenvalue weighted by molar-refractivity contribution is 5.97. The van der Waals surface area contributed by atoms with Gasteiger partial charge in [-0.1, -0.05) is 30.3 Å². The molecule has 0 saturated carbocycles. The summed E-state index contributed by atoms with van der Waals surface area (Å²) >= 11 is 0. The zero-order valence-electron chi connectivity index (χ0n) is 15.1. The number of nitrogens with zero attached hydrogens (tertiary/aromatic N) is 1. The van der Waals surface area contributed by atoms with Gasteiger partial charge in [-0.2, -0.15) is 0 Å². The topological polar surface area (TPSA) is 50.8 Å². The molecule has 2 aromatic rings. The number of methoxy groups -OCH3 is 2. The van der Waals surface area contributed by atoms with Crippen LogP contribution in [0.3, 0.4) is 0 Å². The van der Waals surface area contributed by atoms with Crippen LogP contribution in [0.25, 0.3) is 0 Å². The van der Waals surface area contributed by atoms with E-state index in [1.807, 2.05) is 18.2 Å². The fourth-order valence-corrected chi connectivity index (χ4v) is 2.61. The molecule has 0 radical (unpaired) electrons. The third kappa shape index (κ3) is 5.80. The van der Waals surface area contributed by atoms with Crippen molar-refractivity contribution in [1.29, 1.82) is 0 Å². The highest BCUT2D eigenvalue weighted by atomic mass is 16.5. The Morgan fingerprint density at radius 3 is 2.52 bits per heavy atom. The first-order chi connectivity index (χ1) is 12.1. The second-order valence-electron chi connectivity index (χ2n) is 5.90. The van der Waals surface area contributed by atoms with Crippen molar-refractivity contribution >= 4 is 5.91 Å². The van der Waals surface area contributed by atoms with Gasteiger partial charge in [0.15, 0.2) is 0 Å². The fourth-order valence-electron chi connectivity index (χ4n) is 2.61. The van der Waals surface area contributed by atoms with E-state index in [1.54, 1.807) is 32.4 Å². The quantitative estimate of drug-likeness (QED) is 0.712. The van der Waals surface area contributed by atoms with Crippen LogP contribution in [0.15, 0.2) is 48.5 Å². The molecule has 0 aliphatic heterocycles. The summed E-state index contributed by atoms with van der Waals surface area (Å²) < 4.78 is 10.4.